The molecule has 34 heavy (non-hydrogen) atoms. The van der Waals surface area contributed by atoms with Crippen LogP contribution in [0.15, 0.2) is 48.5 Å². The van der Waals surface area contributed by atoms with E-state index in [1.54, 1.807) is 0 Å². The minimum Gasteiger partial charge on any atom is -0.481 e. The van der Waals surface area contributed by atoms with E-state index in [9.17, 15) is 14.4 Å². The van der Waals surface area contributed by atoms with E-state index >= 15 is 0 Å². The van der Waals surface area contributed by atoms with Crippen LogP contribution in [0.1, 0.15) is 42.7 Å². The highest BCUT2D eigenvalue weighted by Gasteiger charge is 2.32. The van der Waals surface area contributed by atoms with Gasteiger partial charge >= 0.3 is 12.1 Å². The molecule has 2 aromatic carbocycles. The van der Waals surface area contributed by atoms with Crippen molar-refractivity contribution < 1.29 is 29.0 Å². The topological polar surface area (TPSA) is 114 Å². The highest BCUT2D eigenvalue weighted by atomic mass is 16.5. The first-order valence-corrected chi connectivity index (χ1v) is 11.6. The second-order valence-corrected chi connectivity index (χ2v) is 8.97. The number of ether oxygens (including phenoxy) is 2. The summed E-state index contributed by atoms with van der Waals surface area (Å²) in [5.41, 5.74) is 4.62. The number of amides is 2. The van der Waals surface area contributed by atoms with Crippen LogP contribution < -0.4 is 10.6 Å². The molecule has 1 atom stereocenters. The van der Waals surface area contributed by atoms with Crippen molar-refractivity contribution in [3.8, 4) is 11.1 Å². The third kappa shape index (κ3) is 5.56. The summed E-state index contributed by atoms with van der Waals surface area (Å²) in [4.78, 5) is 35.3. The van der Waals surface area contributed by atoms with Gasteiger partial charge in [-0.05, 0) is 41.0 Å². The maximum atomic E-state index is 12.3. The van der Waals surface area contributed by atoms with Crippen molar-refractivity contribution in [3.05, 3.63) is 59.7 Å². The fourth-order valence-corrected chi connectivity index (χ4v) is 4.85. The lowest BCUT2D eigenvalue weighted by Gasteiger charge is -2.35. The number of aliphatic carboxylic acids is 1. The lowest BCUT2D eigenvalue weighted by molar-refractivity contribution is -0.139. The monoisotopic (exact) mass is 466 g/mol. The lowest BCUT2D eigenvalue weighted by Crippen LogP contribution is -2.46. The summed E-state index contributed by atoms with van der Waals surface area (Å²) in [5.74, 6) is -0.890. The van der Waals surface area contributed by atoms with Gasteiger partial charge in [-0.2, -0.15) is 0 Å². The molecule has 0 aliphatic heterocycles. The number of benzene rings is 2. The Labute approximate surface area is 198 Å². The average molecular weight is 467 g/mol. The number of hydrogen-bond donors (Lipinski definition) is 3. The molecule has 2 aliphatic rings. The molecule has 180 valence electrons. The maximum absolute atomic E-state index is 12.3. The number of carbonyl (C=O) groups excluding carboxylic acids is 2. The van der Waals surface area contributed by atoms with Gasteiger partial charge in [-0.25, -0.2) is 4.79 Å². The second-order valence-electron chi connectivity index (χ2n) is 8.97. The number of nitrogens with one attached hydrogen (secondary N) is 2. The van der Waals surface area contributed by atoms with E-state index in [0.29, 0.717) is 12.8 Å². The Morgan fingerprint density at radius 3 is 2.24 bits per heavy atom. The zero-order chi connectivity index (χ0) is 24.1. The van der Waals surface area contributed by atoms with E-state index < -0.39 is 18.2 Å². The average Bonchev–Trinajstić information content (AvgIpc) is 3.12. The molecule has 0 bridgehead atoms. The van der Waals surface area contributed by atoms with Crippen LogP contribution in [0.3, 0.4) is 0 Å². The fourth-order valence-electron chi connectivity index (χ4n) is 4.85. The first-order valence-electron chi connectivity index (χ1n) is 11.6. The molecule has 3 N–H and O–H groups in total. The number of carboxylic acid groups (broad SMARTS) is 1. The van der Waals surface area contributed by atoms with Crippen molar-refractivity contribution in [2.45, 2.75) is 43.7 Å². The molecule has 0 aromatic heterocycles. The van der Waals surface area contributed by atoms with Gasteiger partial charge in [0.25, 0.3) is 0 Å². The van der Waals surface area contributed by atoms with Crippen LogP contribution in [0.25, 0.3) is 11.1 Å². The number of hydrogen-bond acceptors (Lipinski definition) is 5. The summed E-state index contributed by atoms with van der Waals surface area (Å²) in [5, 5.41) is 14.4. The van der Waals surface area contributed by atoms with Crippen molar-refractivity contribution in [2.24, 2.45) is 5.92 Å². The Morgan fingerprint density at radius 2 is 1.65 bits per heavy atom. The Kier molecular flexibility index (Phi) is 7.47. The molecule has 4 rings (SSSR count). The zero-order valence-electron chi connectivity index (χ0n) is 19.2. The van der Waals surface area contributed by atoms with Crippen LogP contribution >= 0.6 is 0 Å². The molecule has 1 saturated carbocycles. The minimum absolute atomic E-state index is 0.00412. The molecule has 0 radical (unpaired) electrons. The van der Waals surface area contributed by atoms with Gasteiger partial charge in [0.15, 0.2) is 0 Å². The maximum Gasteiger partial charge on any atom is 0.407 e. The van der Waals surface area contributed by atoms with E-state index in [1.807, 2.05) is 24.3 Å². The SMILES string of the molecule is COC(CNC(=O)OCC1c2ccccc2-c2ccccc21)CC(=O)NC1CC(CC(=O)O)C1. The van der Waals surface area contributed by atoms with Crippen molar-refractivity contribution >= 4 is 18.0 Å². The van der Waals surface area contributed by atoms with Crippen LogP contribution in [0.5, 0.6) is 0 Å². The molecule has 2 amide bonds. The normalized spacial score (nSPS) is 19.3. The van der Waals surface area contributed by atoms with Gasteiger partial charge in [0, 0.05) is 32.0 Å². The van der Waals surface area contributed by atoms with Gasteiger partial charge in [0.2, 0.25) is 5.91 Å². The van der Waals surface area contributed by atoms with Crippen molar-refractivity contribution in [1.82, 2.24) is 10.6 Å². The molecule has 2 aromatic rings. The third-order valence-corrected chi connectivity index (χ3v) is 6.63. The largest absolute Gasteiger partial charge is 0.481 e. The van der Waals surface area contributed by atoms with Gasteiger partial charge in [0.1, 0.15) is 6.61 Å². The molecule has 0 spiro atoms. The quantitative estimate of drug-likeness (QED) is 0.495. The Hall–Kier alpha value is -3.39. The van der Waals surface area contributed by atoms with Crippen LogP contribution in [-0.4, -0.2) is 55.5 Å². The Balaban J connectivity index is 1.21. The van der Waals surface area contributed by atoms with E-state index in [4.69, 9.17) is 14.6 Å². The molecule has 0 saturated heterocycles. The minimum atomic E-state index is -0.812. The molecule has 0 heterocycles. The van der Waals surface area contributed by atoms with Crippen molar-refractivity contribution in [1.29, 1.82) is 0 Å². The summed E-state index contributed by atoms with van der Waals surface area (Å²) >= 11 is 0. The van der Waals surface area contributed by atoms with Gasteiger partial charge in [0.05, 0.1) is 12.5 Å². The zero-order valence-corrected chi connectivity index (χ0v) is 19.2. The molecular formula is C26H30N2O6. The highest BCUT2D eigenvalue weighted by Crippen LogP contribution is 2.44. The van der Waals surface area contributed by atoms with Crippen LogP contribution in [0, 0.1) is 5.92 Å². The summed E-state index contributed by atoms with van der Waals surface area (Å²) < 4.78 is 10.9. The Morgan fingerprint density at radius 1 is 1.03 bits per heavy atom. The molecule has 8 heteroatoms. The van der Waals surface area contributed by atoms with E-state index in [2.05, 4.69) is 34.9 Å². The predicted octanol–water partition coefficient (Wildman–Crippen LogP) is 3.30. The number of rotatable bonds is 10. The number of carboxylic acids is 1. The van der Waals surface area contributed by atoms with Gasteiger partial charge in [-0.1, -0.05) is 48.5 Å². The summed E-state index contributed by atoms with van der Waals surface area (Å²) in [7, 11) is 1.49. The van der Waals surface area contributed by atoms with Crippen molar-refractivity contribution in [2.75, 3.05) is 20.3 Å². The van der Waals surface area contributed by atoms with Crippen molar-refractivity contribution in [3.63, 3.8) is 0 Å². The summed E-state index contributed by atoms with van der Waals surface area (Å²) in [6.07, 6.45) is 0.536. The number of methoxy groups -OCH3 is 1. The van der Waals surface area contributed by atoms with Gasteiger partial charge < -0.3 is 25.2 Å². The highest BCUT2D eigenvalue weighted by molar-refractivity contribution is 5.79. The predicted molar refractivity (Wildman–Crippen MR) is 125 cm³/mol. The molecular weight excluding hydrogens is 436 g/mol. The standard InChI is InChI=1S/C26H30N2O6/c1-33-18(13-24(29)28-17-10-16(11-17)12-25(30)31)14-27-26(32)34-15-23-21-8-4-2-6-19(21)20-7-3-5-9-22(20)23/h2-9,16-18,23H,10-15H2,1H3,(H,27,32)(H,28,29)(H,30,31). The van der Waals surface area contributed by atoms with E-state index in [-0.39, 0.29) is 49.8 Å². The van der Waals surface area contributed by atoms with Crippen LogP contribution in [0.4, 0.5) is 4.79 Å². The molecule has 8 nitrogen and oxygen atoms in total. The summed E-state index contributed by atoms with van der Waals surface area (Å²) in [6.45, 7) is 0.365. The first-order chi connectivity index (χ1) is 16.4. The smallest absolute Gasteiger partial charge is 0.407 e. The third-order valence-electron chi connectivity index (χ3n) is 6.63. The first kappa shape index (κ1) is 23.8. The molecule has 1 fully saturated rings. The molecule has 1 unspecified atom stereocenters. The van der Waals surface area contributed by atoms with Gasteiger partial charge in [-0.3, -0.25) is 9.59 Å². The number of fused-ring (bicyclic) bond motifs is 3. The Bertz CT molecular complexity index is 1000. The molecule has 2 aliphatic carbocycles. The summed E-state index contributed by atoms with van der Waals surface area (Å²) in [6, 6.07) is 16.3. The van der Waals surface area contributed by atoms with E-state index in [0.717, 1.165) is 11.1 Å². The number of carbonyl (C=O) groups is 3. The van der Waals surface area contributed by atoms with Crippen LogP contribution in [0.2, 0.25) is 0 Å². The number of alkyl carbamates (subject to hydrolysis) is 1. The van der Waals surface area contributed by atoms with E-state index in [1.165, 1.54) is 18.2 Å². The lowest BCUT2D eigenvalue weighted by atomic mass is 9.78. The van der Waals surface area contributed by atoms with Crippen LogP contribution in [-0.2, 0) is 19.1 Å². The van der Waals surface area contributed by atoms with Gasteiger partial charge in [-0.15, -0.1) is 0 Å². The second kappa shape index (κ2) is 10.7. The fraction of sp³-hybridized carbons (Fsp3) is 0.423.